The van der Waals surface area contributed by atoms with Crippen LogP contribution in [0.3, 0.4) is 0 Å². The summed E-state index contributed by atoms with van der Waals surface area (Å²) in [4.78, 5) is 12.1. The monoisotopic (exact) mass is 297 g/mol. The van der Waals surface area contributed by atoms with Gasteiger partial charge in [-0.25, -0.2) is 0 Å². The van der Waals surface area contributed by atoms with Gasteiger partial charge in [0.25, 0.3) is 0 Å². The highest BCUT2D eigenvalue weighted by Gasteiger charge is 2.33. The Morgan fingerprint density at radius 3 is 2.68 bits per heavy atom. The average molecular weight is 297 g/mol. The predicted octanol–water partition coefficient (Wildman–Crippen LogP) is 3.57. The number of hydrogen-bond acceptors (Lipinski definition) is 3. The van der Waals surface area contributed by atoms with Crippen LogP contribution in [-0.4, -0.2) is 13.0 Å². The molecule has 114 valence electrons. The van der Waals surface area contributed by atoms with Crippen LogP contribution in [0.2, 0.25) is 0 Å². The van der Waals surface area contributed by atoms with Crippen molar-refractivity contribution in [2.75, 3.05) is 7.11 Å². The van der Waals surface area contributed by atoms with E-state index in [9.17, 15) is 4.79 Å². The average Bonchev–Trinajstić information content (AvgIpc) is 3.26. The molecule has 2 aromatic rings. The van der Waals surface area contributed by atoms with Gasteiger partial charge in [-0.1, -0.05) is 12.1 Å². The number of methoxy groups -OCH3 is 1. The molecule has 22 heavy (non-hydrogen) atoms. The Morgan fingerprint density at radius 1 is 1.32 bits per heavy atom. The van der Waals surface area contributed by atoms with E-state index in [1.54, 1.807) is 25.5 Å². The highest BCUT2D eigenvalue weighted by Crippen LogP contribution is 2.41. The highest BCUT2D eigenvalue weighted by molar-refractivity contribution is 5.91. The Labute approximate surface area is 129 Å². The molecule has 1 atom stereocenters. The number of carbonyl (C=O) groups is 1. The molecule has 0 saturated heterocycles. The van der Waals surface area contributed by atoms with Gasteiger partial charge >= 0.3 is 0 Å². The summed E-state index contributed by atoms with van der Waals surface area (Å²) in [6.45, 7) is 0. The summed E-state index contributed by atoms with van der Waals surface area (Å²) in [7, 11) is 1.65. The lowest BCUT2D eigenvalue weighted by Gasteiger charge is -2.18. The molecule has 1 unspecified atom stereocenters. The fourth-order valence-corrected chi connectivity index (χ4v) is 2.46. The van der Waals surface area contributed by atoms with Crippen LogP contribution >= 0.6 is 0 Å². The van der Waals surface area contributed by atoms with Gasteiger partial charge < -0.3 is 14.5 Å². The molecule has 1 saturated carbocycles. The maximum Gasteiger partial charge on any atom is 0.244 e. The molecular formula is C18H19NO3. The van der Waals surface area contributed by atoms with Crippen molar-refractivity contribution in [3.05, 3.63) is 60.1 Å². The standard InChI is InChI=1S/C18H19NO3/c1-21-15-8-6-14(7-9-15)18(13-4-5-13)19-17(20)11-10-16-3-2-12-22-16/h2-3,6-13,18H,4-5H2,1H3,(H,19,20)/b11-10+. The maximum atomic E-state index is 12.1. The molecule has 1 aliphatic rings. The van der Waals surface area contributed by atoms with Crippen LogP contribution in [-0.2, 0) is 4.79 Å². The number of rotatable bonds is 6. The molecule has 1 aromatic carbocycles. The van der Waals surface area contributed by atoms with E-state index in [1.165, 1.54) is 6.08 Å². The number of hydrogen-bond donors (Lipinski definition) is 1. The number of ether oxygens (including phenoxy) is 1. The molecule has 1 amide bonds. The molecule has 4 heteroatoms. The number of furan rings is 1. The van der Waals surface area contributed by atoms with Gasteiger partial charge in [-0.3, -0.25) is 4.79 Å². The first-order valence-corrected chi connectivity index (χ1v) is 7.42. The second-order valence-corrected chi connectivity index (χ2v) is 5.45. The second kappa shape index (κ2) is 6.52. The molecule has 1 heterocycles. The van der Waals surface area contributed by atoms with Crippen molar-refractivity contribution in [3.8, 4) is 5.75 Å². The summed E-state index contributed by atoms with van der Waals surface area (Å²) in [6.07, 6.45) is 7.07. The summed E-state index contributed by atoms with van der Waals surface area (Å²) in [5, 5.41) is 3.09. The van der Waals surface area contributed by atoms with Crippen molar-refractivity contribution in [2.45, 2.75) is 18.9 Å². The number of benzene rings is 1. The maximum absolute atomic E-state index is 12.1. The molecule has 3 rings (SSSR count). The van der Waals surface area contributed by atoms with E-state index < -0.39 is 0 Å². The van der Waals surface area contributed by atoms with Crippen molar-refractivity contribution in [2.24, 2.45) is 5.92 Å². The summed E-state index contributed by atoms with van der Waals surface area (Å²) in [6, 6.07) is 11.5. The fraction of sp³-hybridized carbons (Fsp3) is 0.278. The molecular weight excluding hydrogens is 278 g/mol. The van der Waals surface area contributed by atoms with Crippen LogP contribution in [0.4, 0.5) is 0 Å². The van der Waals surface area contributed by atoms with Crippen LogP contribution in [0.25, 0.3) is 6.08 Å². The SMILES string of the molecule is COc1ccc(C(NC(=O)/C=C/c2ccco2)C2CC2)cc1. The Hall–Kier alpha value is -2.49. The van der Waals surface area contributed by atoms with Crippen molar-refractivity contribution >= 4 is 12.0 Å². The normalized spacial score (nSPS) is 15.7. The minimum Gasteiger partial charge on any atom is -0.497 e. The van der Waals surface area contributed by atoms with Gasteiger partial charge in [0.1, 0.15) is 11.5 Å². The van der Waals surface area contributed by atoms with E-state index in [2.05, 4.69) is 5.32 Å². The fourth-order valence-electron chi connectivity index (χ4n) is 2.46. The predicted molar refractivity (Wildman–Crippen MR) is 84.3 cm³/mol. The van der Waals surface area contributed by atoms with Gasteiger partial charge in [0.2, 0.25) is 5.91 Å². The topological polar surface area (TPSA) is 51.5 Å². The van der Waals surface area contributed by atoms with Gasteiger partial charge in [0.15, 0.2) is 0 Å². The molecule has 1 N–H and O–H groups in total. The van der Waals surface area contributed by atoms with E-state index in [0.717, 1.165) is 24.2 Å². The summed E-state index contributed by atoms with van der Waals surface area (Å²) < 4.78 is 10.4. The number of amides is 1. The van der Waals surface area contributed by atoms with Crippen LogP contribution in [0.1, 0.15) is 30.2 Å². The number of carbonyl (C=O) groups excluding carboxylic acids is 1. The Kier molecular flexibility index (Phi) is 4.28. The number of nitrogens with one attached hydrogen (secondary N) is 1. The first-order chi connectivity index (χ1) is 10.8. The molecule has 1 aliphatic carbocycles. The third-order valence-electron chi connectivity index (χ3n) is 3.81. The van der Waals surface area contributed by atoms with Gasteiger partial charge in [-0.15, -0.1) is 0 Å². The second-order valence-electron chi connectivity index (χ2n) is 5.45. The quantitative estimate of drug-likeness (QED) is 0.829. The first-order valence-electron chi connectivity index (χ1n) is 7.42. The molecule has 4 nitrogen and oxygen atoms in total. The van der Waals surface area contributed by atoms with Gasteiger partial charge in [-0.2, -0.15) is 0 Å². The van der Waals surface area contributed by atoms with Crippen LogP contribution in [0.5, 0.6) is 5.75 Å². The van der Waals surface area contributed by atoms with E-state index in [-0.39, 0.29) is 11.9 Å². The minimum atomic E-state index is -0.107. The van der Waals surface area contributed by atoms with Crippen LogP contribution < -0.4 is 10.1 Å². The third-order valence-corrected chi connectivity index (χ3v) is 3.81. The van der Waals surface area contributed by atoms with Crippen LogP contribution in [0.15, 0.2) is 53.2 Å². The molecule has 0 bridgehead atoms. The Morgan fingerprint density at radius 2 is 2.09 bits per heavy atom. The van der Waals surface area contributed by atoms with Crippen molar-refractivity contribution < 1.29 is 13.9 Å². The molecule has 0 radical (unpaired) electrons. The van der Waals surface area contributed by atoms with Crippen molar-refractivity contribution in [3.63, 3.8) is 0 Å². The lowest BCUT2D eigenvalue weighted by molar-refractivity contribution is -0.117. The summed E-state index contributed by atoms with van der Waals surface area (Å²) in [5.74, 6) is 1.91. The lowest BCUT2D eigenvalue weighted by atomic mass is 10.0. The molecule has 1 aromatic heterocycles. The van der Waals surface area contributed by atoms with E-state index >= 15 is 0 Å². The van der Waals surface area contributed by atoms with E-state index in [1.807, 2.05) is 30.3 Å². The summed E-state index contributed by atoms with van der Waals surface area (Å²) in [5.41, 5.74) is 1.11. The Balaban J connectivity index is 1.67. The largest absolute Gasteiger partial charge is 0.497 e. The zero-order valence-corrected chi connectivity index (χ0v) is 12.5. The lowest BCUT2D eigenvalue weighted by Crippen LogP contribution is -2.28. The van der Waals surface area contributed by atoms with Gasteiger partial charge in [0, 0.05) is 6.08 Å². The summed E-state index contributed by atoms with van der Waals surface area (Å²) >= 11 is 0. The Bertz CT molecular complexity index is 639. The smallest absolute Gasteiger partial charge is 0.244 e. The van der Waals surface area contributed by atoms with Crippen LogP contribution in [0, 0.1) is 5.92 Å². The van der Waals surface area contributed by atoms with Crippen molar-refractivity contribution in [1.82, 2.24) is 5.32 Å². The van der Waals surface area contributed by atoms with E-state index in [4.69, 9.17) is 9.15 Å². The highest BCUT2D eigenvalue weighted by atomic mass is 16.5. The molecule has 1 fully saturated rings. The molecule has 0 aliphatic heterocycles. The van der Waals surface area contributed by atoms with Crippen molar-refractivity contribution in [1.29, 1.82) is 0 Å². The van der Waals surface area contributed by atoms with E-state index in [0.29, 0.717) is 11.7 Å². The zero-order valence-electron chi connectivity index (χ0n) is 12.5. The zero-order chi connectivity index (χ0) is 15.4. The van der Waals surface area contributed by atoms with Gasteiger partial charge in [0.05, 0.1) is 19.4 Å². The minimum absolute atomic E-state index is 0.0552. The van der Waals surface area contributed by atoms with Gasteiger partial charge in [-0.05, 0) is 54.7 Å². The molecule has 0 spiro atoms. The first kappa shape index (κ1) is 14.4. The third kappa shape index (κ3) is 3.58.